The number of benzene rings is 3. The Morgan fingerprint density at radius 3 is 2.49 bits per heavy atom. The molecule has 0 heterocycles. The fraction of sp³-hybridized carbons (Fsp3) is 0.310. The fourth-order valence-electron chi connectivity index (χ4n) is 5.07. The molecule has 3 aromatic rings. The molecule has 0 aromatic heterocycles. The van der Waals surface area contributed by atoms with Crippen LogP contribution in [0.1, 0.15) is 40.8 Å². The van der Waals surface area contributed by atoms with Crippen molar-refractivity contribution in [2.24, 2.45) is 0 Å². The van der Waals surface area contributed by atoms with E-state index in [0.717, 1.165) is 34.2 Å². The Morgan fingerprint density at radius 2 is 1.80 bits per heavy atom. The first kappa shape index (κ1) is 24.5. The molecule has 0 unspecified atom stereocenters. The van der Waals surface area contributed by atoms with Gasteiger partial charge in [-0.05, 0) is 46.9 Å². The van der Waals surface area contributed by atoms with Gasteiger partial charge in [-0.3, -0.25) is 9.59 Å². The first-order valence-corrected chi connectivity index (χ1v) is 11.7. The summed E-state index contributed by atoms with van der Waals surface area (Å²) in [6.45, 7) is 4.00. The van der Waals surface area contributed by atoms with Gasteiger partial charge in [-0.15, -0.1) is 0 Å². The topological polar surface area (TPSA) is 76.1 Å². The molecule has 1 aliphatic rings. The quantitative estimate of drug-likeness (QED) is 0.501. The lowest BCUT2D eigenvalue weighted by atomic mass is 9.94. The molecular formula is C29H31NO5. The lowest BCUT2D eigenvalue weighted by Gasteiger charge is -2.33. The third-order valence-corrected chi connectivity index (χ3v) is 6.70. The monoisotopic (exact) mass is 473 g/mol. The van der Waals surface area contributed by atoms with Gasteiger partial charge in [-0.2, -0.15) is 0 Å². The zero-order valence-electron chi connectivity index (χ0n) is 20.6. The molecule has 3 aromatic carbocycles. The molecule has 6 nitrogen and oxygen atoms in total. The van der Waals surface area contributed by atoms with Gasteiger partial charge in [-0.1, -0.05) is 54.1 Å². The van der Waals surface area contributed by atoms with Crippen LogP contribution in [0.4, 0.5) is 0 Å². The number of rotatable bonds is 8. The van der Waals surface area contributed by atoms with Gasteiger partial charge in [0.1, 0.15) is 5.75 Å². The minimum absolute atomic E-state index is 0.0344. The molecule has 0 spiro atoms. The second-order valence-electron chi connectivity index (χ2n) is 9.03. The highest BCUT2D eigenvalue weighted by atomic mass is 16.5. The number of aliphatic carboxylic acids is 1. The number of hydrogen-bond acceptors (Lipinski definition) is 4. The SMILES string of the molecule is COc1ccc(CC(=O)O)cc1-c1ccc(C)cc1CN(C(C)=O)[C@@H]1c2ccccc2C[C@@H]1OC. The molecular weight excluding hydrogens is 442 g/mol. The summed E-state index contributed by atoms with van der Waals surface area (Å²) in [5, 5.41) is 9.29. The second kappa shape index (κ2) is 10.3. The predicted molar refractivity (Wildman–Crippen MR) is 134 cm³/mol. The lowest BCUT2D eigenvalue weighted by Crippen LogP contribution is -2.38. The summed E-state index contributed by atoms with van der Waals surface area (Å²) in [4.78, 5) is 26.2. The average Bonchev–Trinajstić information content (AvgIpc) is 3.20. The van der Waals surface area contributed by atoms with Gasteiger partial charge in [0.25, 0.3) is 0 Å². The minimum Gasteiger partial charge on any atom is -0.496 e. The number of ether oxygens (including phenoxy) is 2. The molecule has 0 aliphatic heterocycles. The van der Waals surface area contributed by atoms with Crippen molar-refractivity contribution in [1.82, 2.24) is 4.90 Å². The van der Waals surface area contributed by atoms with Crippen LogP contribution < -0.4 is 4.74 Å². The molecule has 2 atom stereocenters. The number of carboxylic acids is 1. The van der Waals surface area contributed by atoms with Crippen LogP contribution in [0.25, 0.3) is 11.1 Å². The van der Waals surface area contributed by atoms with Crippen molar-refractivity contribution < 1.29 is 24.2 Å². The molecule has 4 rings (SSSR count). The lowest BCUT2D eigenvalue weighted by molar-refractivity contribution is -0.136. The maximum atomic E-state index is 13.0. The maximum absolute atomic E-state index is 13.0. The van der Waals surface area contributed by atoms with E-state index in [1.165, 1.54) is 5.56 Å². The number of carboxylic acid groups (broad SMARTS) is 1. The van der Waals surface area contributed by atoms with Crippen molar-refractivity contribution in [3.05, 3.63) is 88.5 Å². The van der Waals surface area contributed by atoms with Gasteiger partial charge < -0.3 is 19.5 Å². The fourth-order valence-corrected chi connectivity index (χ4v) is 5.07. The number of carbonyl (C=O) groups is 2. The third kappa shape index (κ3) is 5.08. The molecule has 182 valence electrons. The normalized spacial score (nSPS) is 16.6. The van der Waals surface area contributed by atoms with Crippen molar-refractivity contribution in [3.8, 4) is 16.9 Å². The summed E-state index contributed by atoms with van der Waals surface area (Å²) in [5.41, 5.74) is 6.75. The van der Waals surface area contributed by atoms with Crippen molar-refractivity contribution in [2.45, 2.75) is 45.4 Å². The van der Waals surface area contributed by atoms with Crippen LogP contribution >= 0.6 is 0 Å². The Bertz CT molecular complexity index is 1250. The van der Waals surface area contributed by atoms with E-state index in [4.69, 9.17) is 9.47 Å². The van der Waals surface area contributed by atoms with Crippen LogP contribution in [0.15, 0.2) is 60.7 Å². The number of hydrogen-bond donors (Lipinski definition) is 1. The zero-order valence-corrected chi connectivity index (χ0v) is 20.6. The van der Waals surface area contributed by atoms with E-state index in [9.17, 15) is 14.7 Å². The van der Waals surface area contributed by atoms with E-state index in [0.29, 0.717) is 17.9 Å². The minimum atomic E-state index is -0.890. The second-order valence-corrected chi connectivity index (χ2v) is 9.03. The molecule has 1 aliphatic carbocycles. The summed E-state index contributed by atoms with van der Waals surface area (Å²) in [7, 11) is 3.29. The molecule has 0 saturated carbocycles. The number of aryl methyl sites for hydroxylation is 1. The van der Waals surface area contributed by atoms with Crippen LogP contribution in [0.5, 0.6) is 5.75 Å². The summed E-state index contributed by atoms with van der Waals surface area (Å²) >= 11 is 0. The maximum Gasteiger partial charge on any atom is 0.307 e. The predicted octanol–water partition coefficient (Wildman–Crippen LogP) is 4.96. The van der Waals surface area contributed by atoms with Crippen LogP contribution in [0.2, 0.25) is 0 Å². The molecule has 1 N–H and O–H groups in total. The van der Waals surface area contributed by atoms with Gasteiger partial charge in [0, 0.05) is 32.6 Å². The number of nitrogens with zero attached hydrogens (tertiary/aromatic N) is 1. The Kier molecular flexibility index (Phi) is 7.22. The van der Waals surface area contributed by atoms with E-state index in [-0.39, 0.29) is 24.5 Å². The van der Waals surface area contributed by atoms with Gasteiger partial charge >= 0.3 is 5.97 Å². The van der Waals surface area contributed by atoms with Crippen molar-refractivity contribution in [1.29, 1.82) is 0 Å². The molecule has 0 fully saturated rings. The van der Waals surface area contributed by atoms with Gasteiger partial charge in [-0.25, -0.2) is 0 Å². The standard InChI is InChI=1S/C29H31NO5/c1-18-9-11-23(25-14-20(15-28(32)33)10-12-26(25)34-3)22(13-18)17-30(19(2)31)29-24-8-6-5-7-21(24)16-27(29)35-4/h5-14,27,29H,15-17H2,1-4H3,(H,32,33)/t27-,29+/m0/s1. The largest absolute Gasteiger partial charge is 0.496 e. The Labute approximate surface area is 206 Å². The molecule has 0 saturated heterocycles. The average molecular weight is 474 g/mol. The van der Waals surface area contributed by atoms with E-state index >= 15 is 0 Å². The first-order valence-electron chi connectivity index (χ1n) is 11.7. The molecule has 0 radical (unpaired) electrons. The number of carbonyl (C=O) groups excluding carboxylic acids is 1. The highest BCUT2D eigenvalue weighted by Gasteiger charge is 2.38. The van der Waals surface area contributed by atoms with Gasteiger partial charge in [0.05, 0.1) is 25.7 Å². The smallest absolute Gasteiger partial charge is 0.307 e. The molecule has 6 heteroatoms. The van der Waals surface area contributed by atoms with Crippen molar-refractivity contribution >= 4 is 11.9 Å². The highest BCUT2D eigenvalue weighted by Crippen LogP contribution is 2.40. The van der Waals surface area contributed by atoms with E-state index in [1.807, 2.05) is 42.2 Å². The first-order chi connectivity index (χ1) is 16.8. The number of fused-ring (bicyclic) bond motifs is 1. The van der Waals surface area contributed by atoms with Crippen LogP contribution in [0, 0.1) is 6.92 Å². The van der Waals surface area contributed by atoms with Crippen LogP contribution in [0.3, 0.4) is 0 Å². The van der Waals surface area contributed by atoms with Crippen LogP contribution in [-0.4, -0.2) is 42.2 Å². The number of amides is 1. The van der Waals surface area contributed by atoms with Gasteiger partial charge in [0.2, 0.25) is 5.91 Å². The Balaban J connectivity index is 1.80. The van der Waals surface area contributed by atoms with E-state index in [1.54, 1.807) is 33.3 Å². The van der Waals surface area contributed by atoms with Crippen LogP contribution in [-0.2, 0) is 33.7 Å². The molecule has 35 heavy (non-hydrogen) atoms. The Morgan fingerprint density at radius 1 is 1.03 bits per heavy atom. The van der Waals surface area contributed by atoms with Crippen molar-refractivity contribution in [2.75, 3.05) is 14.2 Å². The summed E-state index contributed by atoms with van der Waals surface area (Å²) in [6.07, 6.45) is 0.553. The summed E-state index contributed by atoms with van der Waals surface area (Å²) in [6, 6.07) is 19.5. The molecule has 1 amide bonds. The van der Waals surface area contributed by atoms with E-state index < -0.39 is 5.97 Å². The highest BCUT2D eigenvalue weighted by molar-refractivity contribution is 5.78. The van der Waals surface area contributed by atoms with E-state index in [2.05, 4.69) is 18.2 Å². The number of methoxy groups -OCH3 is 2. The zero-order chi connectivity index (χ0) is 25.1. The Hall–Kier alpha value is -3.64. The van der Waals surface area contributed by atoms with Gasteiger partial charge in [0.15, 0.2) is 0 Å². The third-order valence-electron chi connectivity index (χ3n) is 6.70. The summed E-state index contributed by atoms with van der Waals surface area (Å²) in [5.74, 6) is -0.272. The van der Waals surface area contributed by atoms with Crippen molar-refractivity contribution in [3.63, 3.8) is 0 Å². The summed E-state index contributed by atoms with van der Waals surface area (Å²) < 4.78 is 11.5. The molecule has 0 bridgehead atoms.